The maximum absolute atomic E-state index is 13.0. The first-order valence-corrected chi connectivity index (χ1v) is 17.6. The van der Waals surface area contributed by atoms with E-state index in [0.29, 0.717) is 42.7 Å². The Kier molecular flexibility index (Phi) is 11.5. The molecule has 16 heteroatoms. The molecule has 4 fully saturated rings. The molecular formula is C37H46F6N4O6. The Morgan fingerprint density at radius 3 is 1.45 bits per heavy atom. The number of rotatable bonds is 6. The van der Waals surface area contributed by atoms with Crippen LogP contribution in [0.15, 0.2) is 36.4 Å². The van der Waals surface area contributed by atoms with Crippen LogP contribution in [0.3, 0.4) is 0 Å². The van der Waals surface area contributed by atoms with Crippen LogP contribution in [0.5, 0.6) is 0 Å². The second-order valence-electron chi connectivity index (χ2n) is 15.9. The van der Waals surface area contributed by atoms with Gasteiger partial charge in [0, 0.05) is 52.4 Å². The normalized spacial score (nSPS) is 20.2. The fourth-order valence-electron chi connectivity index (χ4n) is 7.85. The predicted octanol–water partition coefficient (Wildman–Crippen LogP) is 6.83. The average Bonchev–Trinajstić information content (AvgIpc) is 3.02. The van der Waals surface area contributed by atoms with E-state index in [9.17, 15) is 40.7 Å². The van der Waals surface area contributed by atoms with Crippen LogP contribution in [0.2, 0.25) is 0 Å². The standard InChI is InChI=1S/C21H27F3N2O4.C16H19F3N2O2/c1-19(2,3)30-18(29)26-8-6-20(7-9-26)12-25(13-20)11-14-4-5-16(21(22,23)24)15(10-14)17(27)28;17-16(18,19)13-2-1-11(7-12(13)14(22)23)8-21-9-15(10-21)3-5-20-6-4-15/h4-5,10H,6-9,11-13H2,1-3H3,(H,27,28);1-2,7,20H,3-6,8-10H2,(H,22,23). The molecule has 4 aliphatic heterocycles. The van der Waals surface area contributed by atoms with E-state index in [4.69, 9.17) is 14.9 Å². The van der Waals surface area contributed by atoms with E-state index in [1.54, 1.807) is 4.90 Å². The van der Waals surface area contributed by atoms with Crippen molar-refractivity contribution in [1.29, 1.82) is 0 Å². The van der Waals surface area contributed by atoms with Gasteiger partial charge in [-0.3, -0.25) is 9.80 Å². The fraction of sp³-hybridized carbons (Fsp3) is 0.595. The van der Waals surface area contributed by atoms with Crippen molar-refractivity contribution in [3.05, 3.63) is 69.8 Å². The van der Waals surface area contributed by atoms with Gasteiger partial charge in [0.2, 0.25) is 0 Å². The van der Waals surface area contributed by atoms with Gasteiger partial charge in [-0.25, -0.2) is 14.4 Å². The lowest BCUT2D eigenvalue weighted by Gasteiger charge is -2.54. The Labute approximate surface area is 304 Å². The third-order valence-corrected chi connectivity index (χ3v) is 10.4. The van der Waals surface area contributed by atoms with E-state index in [1.807, 2.05) is 20.8 Å². The highest BCUT2D eigenvalue weighted by molar-refractivity contribution is 5.90. The van der Waals surface area contributed by atoms with Gasteiger partial charge in [-0.15, -0.1) is 0 Å². The number of piperidine rings is 2. The van der Waals surface area contributed by atoms with Crippen molar-refractivity contribution < 1.29 is 55.7 Å². The molecule has 292 valence electrons. The molecular weight excluding hydrogens is 710 g/mol. The number of carboxylic acids is 2. The average molecular weight is 757 g/mol. The summed E-state index contributed by atoms with van der Waals surface area (Å²) in [6, 6.07) is 6.69. The molecule has 1 amide bonds. The number of halogens is 6. The number of amides is 1. The second kappa shape index (κ2) is 15.1. The molecule has 0 bridgehead atoms. The van der Waals surface area contributed by atoms with Crippen LogP contribution in [0.1, 0.15) is 89.4 Å². The molecule has 0 unspecified atom stereocenters. The molecule has 0 saturated carbocycles. The minimum atomic E-state index is -4.70. The lowest BCUT2D eigenvalue weighted by atomic mass is 9.72. The van der Waals surface area contributed by atoms with Crippen molar-refractivity contribution in [3.63, 3.8) is 0 Å². The summed E-state index contributed by atoms with van der Waals surface area (Å²) in [5.41, 5.74) is -2.56. The van der Waals surface area contributed by atoms with Crippen molar-refractivity contribution in [1.82, 2.24) is 20.0 Å². The summed E-state index contributed by atoms with van der Waals surface area (Å²) in [6.45, 7) is 13.1. The molecule has 2 aromatic carbocycles. The van der Waals surface area contributed by atoms with Crippen LogP contribution in [0, 0.1) is 10.8 Å². The highest BCUT2D eigenvalue weighted by Gasteiger charge is 2.46. The number of nitrogens with zero attached hydrogens (tertiary/aromatic N) is 3. The van der Waals surface area contributed by atoms with Crippen molar-refractivity contribution in [3.8, 4) is 0 Å². The first-order valence-electron chi connectivity index (χ1n) is 17.6. The summed E-state index contributed by atoms with van der Waals surface area (Å²) in [5, 5.41) is 21.5. The lowest BCUT2D eigenvalue weighted by molar-refractivity contribution is -0.138. The predicted molar refractivity (Wildman–Crippen MR) is 181 cm³/mol. The largest absolute Gasteiger partial charge is 0.478 e. The first kappa shape index (κ1) is 40.3. The molecule has 2 aromatic rings. The molecule has 2 spiro atoms. The minimum absolute atomic E-state index is 0.0973. The Balaban J connectivity index is 0.000000211. The molecule has 0 aromatic heterocycles. The van der Waals surface area contributed by atoms with E-state index >= 15 is 0 Å². The van der Waals surface area contributed by atoms with Gasteiger partial charge in [-0.05, 0) is 106 Å². The Morgan fingerprint density at radius 1 is 0.698 bits per heavy atom. The number of hydrogen-bond donors (Lipinski definition) is 3. The van der Waals surface area contributed by atoms with E-state index < -0.39 is 52.1 Å². The lowest BCUT2D eigenvalue weighted by Crippen LogP contribution is -2.60. The number of carbonyl (C=O) groups excluding carboxylic acids is 1. The van der Waals surface area contributed by atoms with E-state index in [0.717, 1.165) is 89.2 Å². The molecule has 4 heterocycles. The third kappa shape index (κ3) is 10.0. The number of carbonyl (C=O) groups is 3. The van der Waals surface area contributed by atoms with Crippen LogP contribution in [-0.4, -0.2) is 101 Å². The SMILES string of the molecule is CC(C)(C)OC(=O)N1CCC2(CC1)CN(Cc1ccc(C(F)(F)F)c(C(=O)O)c1)C2.O=C(O)c1cc(CN2CC3(CCNCC3)C2)ccc1C(F)(F)F. The molecule has 0 aliphatic carbocycles. The topological polar surface area (TPSA) is 123 Å². The summed E-state index contributed by atoms with van der Waals surface area (Å²) in [4.78, 5) is 40.5. The summed E-state index contributed by atoms with van der Waals surface area (Å²) in [5.74, 6) is -3.13. The molecule has 53 heavy (non-hydrogen) atoms. The number of ether oxygens (including phenoxy) is 1. The Hall–Kier alpha value is -3.89. The monoisotopic (exact) mass is 756 g/mol. The number of likely N-dealkylation sites (tertiary alicyclic amines) is 3. The van der Waals surface area contributed by atoms with E-state index in [1.165, 1.54) is 12.1 Å². The van der Waals surface area contributed by atoms with Crippen LogP contribution < -0.4 is 5.32 Å². The van der Waals surface area contributed by atoms with Crippen LogP contribution in [-0.2, 0) is 30.2 Å². The summed E-state index contributed by atoms with van der Waals surface area (Å²) in [6.07, 6.45) is -5.73. The molecule has 4 saturated heterocycles. The number of carboxylic acid groups (broad SMARTS) is 2. The molecule has 6 rings (SSSR count). The van der Waals surface area contributed by atoms with Gasteiger partial charge in [0.05, 0.1) is 22.3 Å². The zero-order valence-electron chi connectivity index (χ0n) is 30.0. The highest BCUT2D eigenvalue weighted by Crippen LogP contribution is 2.42. The molecule has 0 atom stereocenters. The fourth-order valence-corrected chi connectivity index (χ4v) is 7.85. The number of nitrogens with one attached hydrogen (secondary N) is 1. The van der Waals surface area contributed by atoms with Crippen LogP contribution >= 0.6 is 0 Å². The third-order valence-electron chi connectivity index (χ3n) is 10.4. The van der Waals surface area contributed by atoms with E-state index in [-0.39, 0.29) is 11.5 Å². The molecule has 10 nitrogen and oxygen atoms in total. The Morgan fingerprint density at radius 2 is 1.09 bits per heavy atom. The number of alkyl halides is 6. The summed E-state index contributed by atoms with van der Waals surface area (Å²) < 4.78 is 82.9. The van der Waals surface area contributed by atoms with Gasteiger partial charge in [-0.2, -0.15) is 26.3 Å². The van der Waals surface area contributed by atoms with Gasteiger partial charge < -0.3 is 25.2 Å². The summed E-state index contributed by atoms with van der Waals surface area (Å²) in [7, 11) is 0. The van der Waals surface area contributed by atoms with Crippen LogP contribution in [0.25, 0.3) is 0 Å². The maximum Gasteiger partial charge on any atom is 0.417 e. The zero-order valence-corrected chi connectivity index (χ0v) is 30.0. The van der Waals surface area contributed by atoms with Gasteiger partial charge in [0.25, 0.3) is 0 Å². The number of aromatic carboxylic acids is 2. The van der Waals surface area contributed by atoms with Crippen molar-refractivity contribution in [2.24, 2.45) is 10.8 Å². The van der Waals surface area contributed by atoms with Gasteiger partial charge in [-0.1, -0.05) is 12.1 Å². The Bertz CT molecular complexity index is 1660. The summed E-state index contributed by atoms with van der Waals surface area (Å²) >= 11 is 0. The van der Waals surface area contributed by atoms with Crippen molar-refractivity contribution >= 4 is 18.0 Å². The van der Waals surface area contributed by atoms with Crippen molar-refractivity contribution in [2.75, 3.05) is 52.4 Å². The second-order valence-corrected chi connectivity index (χ2v) is 15.9. The quantitative estimate of drug-likeness (QED) is 0.273. The van der Waals surface area contributed by atoms with Gasteiger partial charge in [0.15, 0.2) is 0 Å². The molecule has 0 radical (unpaired) electrons. The molecule has 3 N–H and O–H groups in total. The maximum atomic E-state index is 13.0. The number of benzene rings is 2. The van der Waals surface area contributed by atoms with Gasteiger partial charge in [0.1, 0.15) is 5.60 Å². The number of hydrogen-bond acceptors (Lipinski definition) is 7. The minimum Gasteiger partial charge on any atom is -0.478 e. The first-order chi connectivity index (χ1) is 24.6. The molecule has 4 aliphatic rings. The smallest absolute Gasteiger partial charge is 0.417 e. The van der Waals surface area contributed by atoms with Crippen molar-refractivity contribution in [2.45, 2.75) is 77.5 Å². The van der Waals surface area contributed by atoms with Crippen LogP contribution in [0.4, 0.5) is 31.1 Å². The highest BCUT2D eigenvalue weighted by atomic mass is 19.4. The van der Waals surface area contributed by atoms with E-state index in [2.05, 4.69) is 15.1 Å². The van der Waals surface area contributed by atoms with Gasteiger partial charge >= 0.3 is 30.4 Å². The zero-order chi connectivity index (χ0) is 39.0.